The van der Waals surface area contributed by atoms with Crippen LogP contribution in [0.3, 0.4) is 0 Å². The normalized spacial score (nSPS) is 18.9. The van der Waals surface area contributed by atoms with Crippen LogP contribution in [0.25, 0.3) is 0 Å². The van der Waals surface area contributed by atoms with Crippen molar-refractivity contribution in [2.24, 2.45) is 0 Å². The first kappa shape index (κ1) is 22.2. The van der Waals surface area contributed by atoms with Crippen LogP contribution in [0.5, 0.6) is 0 Å². The molecular formula is C22H26ClFN4O2. The van der Waals surface area contributed by atoms with E-state index < -0.39 is 0 Å². The molecule has 1 heterocycles. The van der Waals surface area contributed by atoms with Gasteiger partial charge in [-0.3, -0.25) is 14.5 Å². The van der Waals surface area contributed by atoms with Crippen molar-refractivity contribution in [1.82, 2.24) is 15.5 Å². The third-order valence-electron chi connectivity index (χ3n) is 5.26. The Hall–Kier alpha value is -2.48. The van der Waals surface area contributed by atoms with Crippen molar-refractivity contribution in [3.63, 3.8) is 0 Å². The smallest absolute Gasteiger partial charge is 0.251 e. The maximum atomic E-state index is 13.6. The monoisotopic (exact) mass is 432 g/mol. The molecule has 2 aromatic carbocycles. The molecule has 1 aliphatic carbocycles. The van der Waals surface area contributed by atoms with Gasteiger partial charge in [0.2, 0.25) is 5.91 Å². The molecule has 1 saturated carbocycles. The Morgan fingerprint density at radius 3 is 2.70 bits per heavy atom. The van der Waals surface area contributed by atoms with Crippen molar-refractivity contribution in [2.45, 2.75) is 24.9 Å². The van der Waals surface area contributed by atoms with Crippen LogP contribution in [0.2, 0.25) is 0 Å². The van der Waals surface area contributed by atoms with Crippen LogP contribution >= 0.6 is 12.4 Å². The lowest BCUT2D eigenvalue weighted by Gasteiger charge is -2.36. The van der Waals surface area contributed by atoms with Crippen molar-refractivity contribution >= 4 is 29.9 Å². The highest BCUT2D eigenvalue weighted by Gasteiger charge is 2.26. The van der Waals surface area contributed by atoms with Crippen LogP contribution < -0.4 is 16.0 Å². The van der Waals surface area contributed by atoms with Gasteiger partial charge in [-0.1, -0.05) is 18.2 Å². The second kappa shape index (κ2) is 10.0. The van der Waals surface area contributed by atoms with Gasteiger partial charge in [0.15, 0.2) is 0 Å². The summed E-state index contributed by atoms with van der Waals surface area (Å²) in [6.45, 7) is 2.32. The Morgan fingerprint density at radius 1 is 1.13 bits per heavy atom. The van der Waals surface area contributed by atoms with Crippen molar-refractivity contribution in [3.05, 3.63) is 65.5 Å². The highest BCUT2D eigenvalue weighted by Crippen LogP contribution is 2.23. The first-order valence-corrected chi connectivity index (χ1v) is 9.99. The standard InChI is InChI=1S/C22H25FN4O2.ClH/c23-17-5-1-3-15(11-17)20-13-24-9-10-27(20)14-21(28)25-19-6-2-4-16(12-19)22(29)26-18-7-8-18;/h1-6,11-12,18,20,24H,7-10,13-14H2,(H,25,28)(H,26,29);1H. The van der Waals surface area contributed by atoms with Gasteiger partial charge in [0.05, 0.1) is 6.54 Å². The molecule has 2 amide bonds. The van der Waals surface area contributed by atoms with Crippen LogP contribution in [0.1, 0.15) is 34.8 Å². The molecule has 2 fully saturated rings. The molecule has 1 atom stereocenters. The van der Waals surface area contributed by atoms with Gasteiger partial charge in [-0.05, 0) is 48.7 Å². The zero-order valence-corrected chi connectivity index (χ0v) is 17.4. The molecule has 0 spiro atoms. The van der Waals surface area contributed by atoms with Gasteiger partial charge in [0, 0.05) is 43.0 Å². The Balaban J connectivity index is 0.00000256. The highest BCUT2D eigenvalue weighted by molar-refractivity contribution is 5.97. The lowest BCUT2D eigenvalue weighted by molar-refractivity contribution is -0.118. The number of rotatable bonds is 6. The second-order valence-corrected chi connectivity index (χ2v) is 7.62. The summed E-state index contributed by atoms with van der Waals surface area (Å²) in [6, 6.07) is 13.7. The van der Waals surface area contributed by atoms with E-state index in [-0.39, 0.29) is 48.7 Å². The average Bonchev–Trinajstić information content (AvgIpc) is 3.52. The Morgan fingerprint density at radius 2 is 1.93 bits per heavy atom. The fraction of sp³-hybridized carbons (Fsp3) is 0.364. The number of hydrogen-bond donors (Lipinski definition) is 3. The molecule has 1 aliphatic heterocycles. The van der Waals surface area contributed by atoms with Gasteiger partial charge >= 0.3 is 0 Å². The first-order valence-electron chi connectivity index (χ1n) is 9.99. The molecule has 160 valence electrons. The second-order valence-electron chi connectivity index (χ2n) is 7.62. The number of piperazine rings is 1. The van der Waals surface area contributed by atoms with Crippen LogP contribution in [-0.2, 0) is 4.79 Å². The van der Waals surface area contributed by atoms with E-state index in [2.05, 4.69) is 16.0 Å². The molecule has 0 bridgehead atoms. The lowest BCUT2D eigenvalue weighted by atomic mass is 10.0. The number of anilines is 1. The number of nitrogens with zero attached hydrogens (tertiary/aromatic N) is 1. The van der Waals surface area contributed by atoms with E-state index >= 15 is 0 Å². The summed E-state index contributed by atoms with van der Waals surface area (Å²) in [5, 5.41) is 9.14. The number of benzene rings is 2. The molecule has 2 aromatic rings. The number of hydrogen-bond acceptors (Lipinski definition) is 4. The predicted octanol–water partition coefficient (Wildman–Crippen LogP) is 2.72. The summed E-state index contributed by atoms with van der Waals surface area (Å²) in [6.07, 6.45) is 2.05. The summed E-state index contributed by atoms with van der Waals surface area (Å²) in [5.74, 6) is -0.552. The topological polar surface area (TPSA) is 73.5 Å². The van der Waals surface area contributed by atoms with E-state index in [1.807, 2.05) is 11.0 Å². The SMILES string of the molecule is Cl.O=C(CN1CCNCC1c1cccc(F)c1)Nc1cccc(C(=O)NC2CC2)c1. The van der Waals surface area contributed by atoms with Crippen LogP contribution in [-0.4, -0.2) is 48.9 Å². The number of carbonyl (C=O) groups excluding carboxylic acids is 2. The minimum Gasteiger partial charge on any atom is -0.349 e. The van der Waals surface area contributed by atoms with Crippen LogP contribution in [0.15, 0.2) is 48.5 Å². The van der Waals surface area contributed by atoms with Gasteiger partial charge in [0.1, 0.15) is 5.82 Å². The quantitative estimate of drug-likeness (QED) is 0.656. The largest absolute Gasteiger partial charge is 0.349 e. The fourth-order valence-corrected chi connectivity index (χ4v) is 3.60. The minimum atomic E-state index is -0.279. The Labute approximate surface area is 181 Å². The fourth-order valence-electron chi connectivity index (χ4n) is 3.60. The molecule has 1 unspecified atom stereocenters. The lowest BCUT2D eigenvalue weighted by Crippen LogP contribution is -2.48. The van der Waals surface area contributed by atoms with E-state index in [4.69, 9.17) is 0 Å². The summed E-state index contributed by atoms with van der Waals surface area (Å²) < 4.78 is 13.6. The maximum absolute atomic E-state index is 13.6. The average molecular weight is 433 g/mol. The summed E-state index contributed by atoms with van der Waals surface area (Å²) in [5.41, 5.74) is 1.98. The molecule has 6 nitrogen and oxygen atoms in total. The number of nitrogens with one attached hydrogen (secondary N) is 3. The molecular weight excluding hydrogens is 407 g/mol. The minimum absolute atomic E-state index is 0. The van der Waals surface area contributed by atoms with E-state index in [0.29, 0.717) is 24.3 Å². The molecule has 4 rings (SSSR count). The molecule has 8 heteroatoms. The van der Waals surface area contributed by atoms with E-state index in [9.17, 15) is 14.0 Å². The molecule has 3 N–H and O–H groups in total. The van der Waals surface area contributed by atoms with E-state index in [1.54, 1.807) is 30.3 Å². The number of amides is 2. The Bertz CT molecular complexity index is 906. The summed E-state index contributed by atoms with van der Waals surface area (Å²) in [7, 11) is 0. The molecule has 30 heavy (non-hydrogen) atoms. The molecule has 0 aromatic heterocycles. The third kappa shape index (κ3) is 5.78. The number of carbonyl (C=O) groups is 2. The van der Waals surface area contributed by atoms with Crippen LogP contribution in [0, 0.1) is 5.82 Å². The van der Waals surface area contributed by atoms with E-state index in [0.717, 1.165) is 24.9 Å². The van der Waals surface area contributed by atoms with Gasteiger partial charge < -0.3 is 16.0 Å². The predicted molar refractivity (Wildman–Crippen MR) is 116 cm³/mol. The number of halogens is 2. The van der Waals surface area contributed by atoms with Gasteiger partial charge in [-0.15, -0.1) is 12.4 Å². The zero-order chi connectivity index (χ0) is 20.2. The third-order valence-corrected chi connectivity index (χ3v) is 5.26. The summed E-state index contributed by atoms with van der Waals surface area (Å²) >= 11 is 0. The van der Waals surface area contributed by atoms with Crippen molar-refractivity contribution in [2.75, 3.05) is 31.5 Å². The van der Waals surface area contributed by atoms with E-state index in [1.165, 1.54) is 12.1 Å². The zero-order valence-electron chi connectivity index (χ0n) is 16.6. The highest BCUT2D eigenvalue weighted by atomic mass is 35.5. The molecule has 2 aliphatic rings. The van der Waals surface area contributed by atoms with Gasteiger partial charge in [0.25, 0.3) is 5.91 Å². The molecule has 1 saturated heterocycles. The maximum Gasteiger partial charge on any atom is 0.251 e. The van der Waals surface area contributed by atoms with Gasteiger partial charge in [-0.2, -0.15) is 0 Å². The summed E-state index contributed by atoms with van der Waals surface area (Å²) in [4.78, 5) is 26.9. The van der Waals surface area contributed by atoms with Crippen molar-refractivity contribution in [3.8, 4) is 0 Å². The van der Waals surface area contributed by atoms with Crippen LogP contribution in [0.4, 0.5) is 10.1 Å². The van der Waals surface area contributed by atoms with Crippen molar-refractivity contribution < 1.29 is 14.0 Å². The van der Waals surface area contributed by atoms with Gasteiger partial charge in [-0.25, -0.2) is 4.39 Å². The Kier molecular flexibility index (Phi) is 7.42. The molecule has 0 radical (unpaired) electrons. The van der Waals surface area contributed by atoms with Crippen molar-refractivity contribution in [1.29, 1.82) is 0 Å². The first-order chi connectivity index (χ1) is 14.1.